The third-order valence-corrected chi connectivity index (χ3v) is 3.68. The molecular weight excluding hydrogens is 289 g/mol. The number of H-pyrrole nitrogens is 1. The highest BCUT2D eigenvalue weighted by Gasteiger charge is 2.44. The molecule has 0 saturated carbocycles. The summed E-state index contributed by atoms with van der Waals surface area (Å²) in [6.07, 6.45) is 1.37. The number of β-amino-alcohol motifs (C(OH)–C–C–N with tert-alkyl or cyclic N) is 1. The van der Waals surface area contributed by atoms with Crippen LogP contribution in [0.4, 0.5) is 4.39 Å². The molecule has 1 aromatic carbocycles. The number of carbonyl (C=O) groups is 1. The summed E-state index contributed by atoms with van der Waals surface area (Å²) in [5.74, 6) is -0.729. The van der Waals surface area contributed by atoms with Crippen molar-refractivity contribution >= 4 is 5.91 Å². The number of hydrogen-bond donors (Lipinski definition) is 2. The predicted octanol–water partition coefficient (Wildman–Crippen LogP) is 1.05. The van der Waals surface area contributed by atoms with Gasteiger partial charge in [-0.25, -0.2) is 4.39 Å². The van der Waals surface area contributed by atoms with Crippen LogP contribution in [-0.4, -0.2) is 58.5 Å². The Morgan fingerprint density at radius 1 is 1.50 bits per heavy atom. The molecule has 0 unspecified atom stereocenters. The fraction of sp³-hybridized carbons (Fsp3) is 0.333. The summed E-state index contributed by atoms with van der Waals surface area (Å²) in [5, 5.41) is 16.6. The van der Waals surface area contributed by atoms with Gasteiger partial charge in [0.25, 0.3) is 5.91 Å². The van der Waals surface area contributed by atoms with Crippen LogP contribution >= 0.6 is 0 Å². The van der Waals surface area contributed by atoms with E-state index in [2.05, 4.69) is 10.2 Å². The van der Waals surface area contributed by atoms with Gasteiger partial charge in [-0.2, -0.15) is 5.10 Å². The van der Waals surface area contributed by atoms with Gasteiger partial charge in [0, 0.05) is 12.7 Å². The summed E-state index contributed by atoms with van der Waals surface area (Å²) >= 11 is 0. The van der Waals surface area contributed by atoms with Crippen molar-refractivity contribution < 1.29 is 19.0 Å². The summed E-state index contributed by atoms with van der Waals surface area (Å²) in [5.41, 5.74) is -0.0994. The van der Waals surface area contributed by atoms with Gasteiger partial charge in [-0.1, -0.05) is 12.1 Å². The Balaban J connectivity index is 1.82. The highest BCUT2D eigenvalue weighted by atomic mass is 19.1. The van der Waals surface area contributed by atoms with Crippen LogP contribution in [0.5, 0.6) is 0 Å². The van der Waals surface area contributed by atoms with Gasteiger partial charge in [-0.05, 0) is 12.1 Å². The van der Waals surface area contributed by atoms with E-state index in [4.69, 9.17) is 4.74 Å². The number of amides is 1. The van der Waals surface area contributed by atoms with Crippen molar-refractivity contribution in [3.63, 3.8) is 0 Å². The van der Waals surface area contributed by atoms with Crippen LogP contribution in [-0.2, 0) is 4.74 Å². The minimum atomic E-state index is -1.01. The van der Waals surface area contributed by atoms with Crippen molar-refractivity contribution in [2.24, 2.45) is 0 Å². The molecule has 6 nitrogen and oxygen atoms in total. The number of nitrogens with one attached hydrogen (secondary N) is 1. The molecule has 116 valence electrons. The number of likely N-dealkylation sites (tertiary alicyclic amines) is 1. The summed E-state index contributed by atoms with van der Waals surface area (Å²) in [6, 6.07) is 6.17. The first-order chi connectivity index (χ1) is 10.5. The Morgan fingerprint density at radius 2 is 2.23 bits per heavy atom. The van der Waals surface area contributed by atoms with Gasteiger partial charge in [0.15, 0.2) is 0 Å². The summed E-state index contributed by atoms with van der Waals surface area (Å²) in [4.78, 5) is 14.0. The Hall–Kier alpha value is -2.25. The van der Waals surface area contributed by atoms with E-state index in [0.29, 0.717) is 5.69 Å². The van der Waals surface area contributed by atoms with Gasteiger partial charge < -0.3 is 14.7 Å². The molecule has 1 fully saturated rings. The van der Waals surface area contributed by atoms with Crippen molar-refractivity contribution in [3.8, 4) is 11.3 Å². The number of aromatic amines is 1. The van der Waals surface area contributed by atoms with E-state index in [0.717, 1.165) is 0 Å². The molecule has 7 heteroatoms. The number of nitrogens with zero attached hydrogens (tertiary/aromatic N) is 2. The van der Waals surface area contributed by atoms with Gasteiger partial charge in [0.05, 0.1) is 37.2 Å². The van der Waals surface area contributed by atoms with Crippen LogP contribution in [0, 0.1) is 5.82 Å². The Kier molecular flexibility index (Phi) is 3.67. The molecule has 22 heavy (non-hydrogen) atoms. The molecule has 1 aliphatic rings. The average molecular weight is 305 g/mol. The van der Waals surface area contributed by atoms with Gasteiger partial charge in [-0.15, -0.1) is 0 Å². The molecule has 0 spiro atoms. The first kappa shape index (κ1) is 14.7. The smallest absolute Gasteiger partial charge is 0.257 e. The van der Waals surface area contributed by atoms with E-state index < -0.39 is 11.4 Å². The molecule has 0 radical (unpaired) electrons. The van der Waals surface area contributed by atoms with Crippen molar-refractivity contribution in [1.82, 2.24) is 15.1 Å². The lowest BCUT2D eigenvalue weighted by molar-refractivity contribution is -0.117. The van der Waals surface area contributed by atoms with E-state index in [1.165, 1.54) is 24.3 Å². The monoisotopic (exact) mass is 305 g/mol. The second kappa shape index (κ2) is 5.51. The maximum atomic E-state index is 13.9. The largest absolute Gasteiger partial charge is 0.384 e. The third kappa shape index (κ3) is 2.49. The quantitative estimate of drug-likeness (QED) is 0.885. The third-order valence-electron chi connectivity index (χ3n) is 3.68. The van der Waals surface area contributed by atoms with E-state index in [9.17, 15) is 14.3 Å². The van der Waals surface area contributed by atoms with Crippen LogP contribution in [0.3, 0.4) is 0 Å². The summed E-state index contributed by atoms with van der Waals surface area (Å²) < 4.78 is 18.8. The van der Waals surface area contributed by atoms with E-state index in [1.807, 2.05) is 0 Å². The zero-order chi connectivity index (χ0) is 15.7. The molecule has 0 bridgehead atoms. The molecular formula is C15H16FN3O3. The molecule has 1 amide bonds. The fourth-order valence-corrected chi connectivity index (χ4v) is 2.66. The number of halogens is 1. The van der Waals surface area contributed by atoms with E-state index in [1.54, 1.807) is 18.2 Å². The highest BCUT2D eigenvalue weighted by Crippen LogP contribution is 2.28. The van der Waals surface area contributed by atoms with Gasteiger partial charge in [-0.3, -0.25) is 9.89 Å². The van der Waals surface area contributed by atoms with E-state index in [-0.39, 0.29) is 36.7 Å². The minimum absolute atomic E-state index is 0.169. The lowest BCUT2D eigenvalue weighted by Gasteiger charge is -2.45. The zero-order valence-electron chi connectivity index (χ0n) is 12.0. The number of methoxy groups -OCH3 is 1. The number of ether oxygens (including phenoxy) is 1. The number of hydrogen-bond acceptors (Lipinski definition) is 4. The molecule has 2 N–H and O–H groups in total. The first-order valence-electron chi connectivity index (χ1n) is 6.83. The Labute approximate surface area is 126 Å². The normalized spacial score (nSPS) is 16.4. The molecule has 0 atom stereocenters. The number of rotatable bonds is 4. The zero-order valence-corrected chi connectivity index (χ0v) is 12.0. The van der Waals surface area contributed by atoms with Crippen molar-refractivity contribution in [1.29, 1.82) is 0 Å². The van der Waals surface area contributed by atoms with Crippen molar-refractivity contribution in [2.75, 3.05) is 26.8 Å². The lowest BCUT2D eigenvalue weighted by Crippen LogP contribution is -2.65. The maximum absolute atomic E-state index is 13.9. The fourth-order valence-electron chi connectivity index (χ4n) is 2.66. The Bertz CT molecular complexity index is 695. The average Bonchev–Trinajstić information content (AvgIpc) is 2.94. The van der Waals surface area contributed by atoms with Crippen molar-refractivity contribution in [3.05, 3.63) is 41.8 Å². The van der Waals surface area contributed by atoms with Crippen LogP contribution in [0.2, 0.25) is 0 Å². The highest BCUT2D eigenvalue weighted by molar-refractivity contribution is 6.00. The second-order valence-electron chi connectivity index (χ2n) is 5.46. The van der Waals surface area contributed by atoms with E-state index >= 15 is 0 Å². The first-order valence-corrected chi connectivity index (χ1v) is 6.83. The molecule has 3 rings (SSSR count). The topological polar surface area (TPSA) is 78.5 Å². The van der Waals surface area contributed by atoms with Crippen LogP contribution in [0.1, 0.15) is 10.4 Å². The van der Waals surface area contributed by atoms with Gasteiger partial charge in [0.1, 0.15) is 11.4 Å². The van der Waals surface area contributed by atoms with Gasteiger partial charge >= 0.3 is 0 Å². The molecule has 2 heterocycles. The molecule has 0 aliphatic carbocycles. The summed E-state index contributed by atoms with van der Waals surface area (Å²) in [6.45, 7) is 0.533. The molecule has 1 aliphatic heterocycles. The summed E-state index contributed by atoms with van der Waals surface area (Å²) in [7, 11) is 1.49. The minimum Gasteiger partial charge on any atom is -0.384 e. The Morgan fingerprint density at radius 3 is 2.91 bits per heavy atom. The number of carbonyl (C=O) groups excluding carboxylic acids is 1. The molecule has 2 aromatic rings. The van der Waals surface area contributed by atoms with Crippen molar-refractivity contribution in [2.45, 2.75) is 5.60 Å². The number of benzene rings is 1. The number of aromatic nitrogens is 2. The lowest BCUT2D eigenvalue weighted by atomic mass is 9.94. The van der Waals surface area contributed by atoms with Gasteiger partial charge in [0.2, 0.25) is 0 Å². The predicted molar refractivity (Wildman–Crippen MR) is 76.7 cm³/mol. The SMILES string of the molecule is COCC1(O)CN(C(=O)c2cn[nH]c2-c2ccccc2F)C1. The standard InChI is InChI=1S/C15H16FN3O3/c1-22-9-15(21)7-19(8-15)14(20)11-6-17-18-13(11)10-4-2-3-5-12(10)16/h2-6,21H,7-9H2,1H3,(H,17,18). The number of aliphatic hydroxyl groups is 1. The van der Waals surface area contributed by atoms with Crippen LogP contribution < -0.4 is 0 Å². The molecule has 1 aromatic heterocycles. The van der Waals surface area contributed by atoms with Crippen LogP contribution in [0.25, 0.3) is 11.3 Å². The maximum Gasteiger partial charge on any atom is 0.257 e. The second-order valence-corrected chi connectivity index (χ2v) is 5.46. The van der Waals surface area contributed by atoms with Crippen LogP contribution in [0.15, 0.2) is 30.5 Å². The molecule has 1 saturated heterocycles.